The first-order chi connectivity index (χ1) is 21.9. The van der Waals surface area contributed by atoms with Crippen molar-refractivity contribution in [2.24, 2.45) is 68.1 Å². The second kappa shape index (κ2) is 12.7. The number of aliphatic carboxylic acids is 1. The van der Waals surface area contributed by atoms with Crippen molar-refractivity contribution in [3.63, 3.8) is 0 Å². The molecule has 4 aliphatic carbocycles. The molecule has 0 amide bonds. The fraction of sp³-hybridized carbons (Fsp3) is 0.865. The monoisotopic (exact) mass is 659 g/mol. The van der Waals surface area contributed by atoms with Crippen LogP contribution in [0.25, 0.3) is 0 Å². The number of hydrogen-bond acceptors (Lipinski definition) is 9. The molecule has 47 heavy (non-hydrogen) atoms. The molecule has 1 heterocycles. The summed E-state index contributed by atoms with van der Waals surface area (Å²) in [4.78, 5) is 39.2. The summed E-state index contributed by atoms with van der Waals surface area (Å²) in [6.07, 6.45) is 5.85. The zero-order valence-electron chi connectivity index (χ0n) is 30.0. The van der Waals surface area contributed by atoms with E-state index in [4.69, 9.17) is 25.7 Å². The zero-order chi connectivity index (χ0) is 34.7. The van der Waals surface area contributed by atoms with Crippen LogP contribution in [-0.2, 0) is 28.6 Å². The zero-order valence-corrected chi connectivity index (χ0v) is 30.0. The minimum Gasteiger partial charge on any atom is -0.481 e. The van der Waals surface area contributed by atoms with Crippen molar-refractivity contribution in [3.05, 3.63) is 11.6 Å². The van der Waals surface area contributed by atoms with E-state index >= 15 is 0 Å². The normalized spacial score (nSPS) is 43.8. The molecule has 2 bridgehead atoms. The molecule has 1 unspecified atom stereocenters. The first kappa shape index (κ1) is 36.3. The van der Waals surface area contributed by atoms with Crippen molar-refractivity contribution in [1.82, 2.24) is 5.32 Å². The van der Waals surface area contributed by atoms with Crippen LogP contribution in [0.5, 0.6) is 0 Å². The number of esters is 2. The van der Waals surface area contributed by atoms with Crippen LogP contribution >= 0.6 is 0 Å². The van der Waals surface area contributed by atoms with Gasteiger partial charge in [-0.15, -0.1) is 0 Å². The van der Waals surface area contributed by atoms with E-state index in [0.717, 1.165) is 25.7 Å². The van der Waals surface area contributed by atoms with Gasteiger partial charge in [-0.05, 0) is 78.4 Å². The molecule has 6 N–H and O–H groups in total. The smallest absolute Gasteiger partial charge is 0.324 e. The third kappa shape index (κ3) is 5.48. The van der Waals surface area contributed by atoms with Crippen molar-refractivity contribution in [1.29, 1.82) is 0 Å². The number of hydrogen-bond donors (Lipinski definition) is 4. The van der Waals surface area contributed by atoms with Crippen LogP contribution in [0.15, 0.2) is 11.6 Å². The largest absolute Gasteiger partial charge is 0.481 e. The molecule has 10 heteroatoms. The van der Waals surface area contributed by atoms with E-state index in [1.54, 1.807) is 0 Å². The molecule has 1 aliphatic heterocycles. The van der Waals surface area contributed by atoms with E-state index in [-0.39, 0.29) is 35.1 Å². The standard InChI is InChI=1S/C37H61N3O7/c1-21(2)22(3)33(5)13-14-35(7)24-9-10-28-34(6)19-45-20-37(28,25(24)11-12-36(35,8)29(33)31(42)43)17-27(46-23(4)41)30(34)47-32(44)26(39)18-40-16-15-38/h11,21-22,24,26-30,40H,9-10,12-20,38-39H2,1-8H3,(H,42,43)/t22-,24+,26?,27-,28+,29-,30+,33-,34-,35-,36+,37-/m1/s1. The maximum atomic E-state index is 13.3. The maximum Gasteiger partial charge on any atom is 0.324 e. The predicted octanol–water partition coefficient (Wildman–Crippen LogP) is 4.29. The van der Waals surface area contributed by atoms with Crippen LogP contribution in [0.3, 0.4) is 0 Å². The van der Waals surface area contributed by atoms with Crippen molar-refractivity contribution in [3.8, 4) is 0 Å². The summed E-state index contributed by atoms with van der Waals surface area (Å²) >= 11 is 0. The molecule has 4 fully saturated rings. The van der Waals surface area contributed by atoms with Gasteiger partial charge in [0.05, 0.1) is 19.1 Å². The number of carboxylic acid groups (broad SMARTS) is 1. The van der Waals surface area contributed by atoms with Crippen molar-refractivity contribution < 1.29 is 33.7 Å². The van der Waals surface area contributed by atoms with Gasteiger partial charge >= 0.3 is 17.9 Å². The van der Waals surface area contributed by atoms with E-state index in [1.807, 2.05) is 0 Å². The lowest BCUT2D eigenvalue weighted by atomic mass is 9.34. The Hall–Kier alpha value is -2.01. The third-order valence-electron chi connectivity index (χ3n) is 14.6. The number of carbonyl (C=O) groups is 3. The van der Waals surface area contributed by atoms with Crippen LogP contribution in [-0.4, -0.2) is 74.1 Å². The van der Waals surface area contributed by atoms with E-state index < -0.39 is 58.3 Å². The van der Waals surface area contributed by atoms with Crippen molar-refractivity contribution in [2.45, 2.75) is 112 Å². The highest BCUT2D eigenvalue weighted by molar-refractivity contribution is 5.76. The molecule has 0 radical (unpaired) electrons. The van der Waals surface area contributed by atoms with E-state index in [9.17, 15) is 19.5 Å². The fourth-order valence-electron chi connectivity index (χ4n) is 11.8. The number of nitrogens with two attached hydrogens (primary N) is 2. The molecule has 0 spiro atoms. The molecule has 3 saturated carbocycles. The van der Waals surface area contributed by atoms with Gasteiger partial charge in [-0.25, -0.2) is 0 Å². The van der Waals surface area contributed by atoms with Gasteiger partial charge in [-0.3, -0.25) is 14.4 Å². The minimum atomic E-state index is -0.883. The third-order valence-corrected chi connectivity index (χ3v) is 14.6. The molecule has 12 atom stereocenters. The number of allylic oxidation sites excluding steroid dienone is 1. The number of ether oxygens (including phenoxy) is 3. The Morgan fingerprint density at radius 2 is 1.77 bits per heavy atom. The Morgan fingerprint density at radius 1 is 1.06 bits per heavy atom. The average molecular weight is 660 g/mol. The summed E-state index contributed by atoms with van der Waals surface area (Å²) in [6, 6.07) is -0.883. The summed E-state index contributed by atoms with van der Waals surface area (Å²) in [5, 5.41) is 14.0. The molecule has 0 aromatic rings. The first-order valence-electron chi connectivity index (χ1n) is 18.0. The highest BCUT2D eigenvalue weighted by Crippen LogP contribution is 2.75. The van der Waals surface area contributed by atoms with Gasteiger partial charge in [-0.2, -0.15) is 0 Å². The molecular weight excluding hydrogens is 598 g/mol. The van der Waals surface area contributed by atoms with E-state index in [0.29, 0.717) is 45.1 Å². The van der Waals surface area contributed by atoms with Crippen molar-refractivity contribution >= 4 is 17.9 Å². The van der Waals surface area contributed by atoms with Gasteiger partial charge in [0.15, 0.2) is 0 Å². The lowest BCUT2D eigenvalue weighted by Gasteiger charge is -2.71. The van der Waals surface area contributed by atoms with Crippen molar-refractivity contribution in [2.75, 3.05) is 32.8 Å². The molecule has 266 valence electrons. The van der Waals surface area contributed by atoms with Crippen LogP contribution in [0.2, 0.25) is 0 Å². The molecule has 10 nitrogen and oxygen atoms in total. The van der Waals surface area contributed by atoms with Gasteiger partial charge in [0, 0.05) is 37.4 Å². The van der Waals surface area contributed by atoms with Gasteiger partial charge in [0.1, 0.15) is 18.2 Å². The minimum absolute atomic E-state index is 0.139. The number of nitrogens with one attached hydrogen (secondary N) is 1. The van der Waals surface area contributed by atoms with E-state index in [2.05, 4.69) is 59.9 Å². The Bertz CT molecular complexity index is 1270. The Balaban J connectivity index is 1.54. The molecule has 5 aliphatic rings. The molecule has 0 aromatic heterocycles. The summed E-state index contributed by atoms with van der Waals surface area (Å²) in [5.74, 6) is -1.13. The molecule has 5 rings (SSSR count). The maximum absolute atomic E-state index is 13.3. The topological polar surface area (TPSA) is 163 Å². The number of carboxylic acids is 1. The Kier molecular flexibility index (Phi) is 9.81. The van der Waals surface area contributed by atoms with Crippen LogP contribution in [0, 0.1) is 56.7 Å². The highest BCUT2D eigenvalue weighted by Gasteiger charge is 2.72. The Labute approximate surface area is 281 Å². The summed E-state index contributed by atoms with van der Waals surface area (Å²) < 4.78 is 18.7. The second-order valence-electron chi connectivity index (χ2n) is 17.2. The van der Waals surface area contributed by atoms with Gasteiger partial charge in [0.25, 0.3) is 0 Å². The van der Waals surface area contributed by atoms with E-state index in [1.165, 1.54) is 12.5 Å². The molecule has 1 saturated heterocycles. The molecule has 0 aromatic carbocycles. The lowest BCUT2D eigenvalue weighted by Crippen LogP contribution is -2.70. The second-order valence-corrected chi connectivity index (χ2v) is 17.2. The number of rotatable bonds is 10. The molecular formula is C37H61N3O7. The summed E-state index contributed by atoms with van der Waals surface area (Å²) in [7, 11) is 0. The van der Waals surface area contributed by atoms with Crippen LogP contribution in [0.4, 0.5) is 0 Å². The SMILES string of the molecule is CC(=O)O[C@@H]1C[C@]23COC[C@](C)([C@@H]2CC[C@H]2C3=CC[C@@]3(C)[C@H](C(=O)O)[C@@](C)([C@H](C)C(C)C)CC[C@]23C)[C@H]1OC(=O)C(N)CNCCN. The van der Waals surface area contributed by atoms with Crippen LogP contribution in [0.1, 0.15) is 93.9 Å². The first-order valence-corrected chi connectivity index (χ1v) is 18.0. The highest BCUT2D eigenvalue weighted by atomic mass is 16.6. The lowest BCUT2D eigenvalue weighted by molar-refractivity contribution is -0.263. The van der Waals surface area contributed by atoms with Gasteiger partial charge in [0.2, 0.25) is 0 Å². The summed E-state index contributed by atoms with van der Waals surface area (Å²) in [6.45, 7) is 19.1. The average Bonchev–Trinajstić information content (AvgIpc) is 2.98. The van der Waals surface area contributed by atoms with Crippen LogP contribution < -0.4 is 16.8 Å². The quantitative estimate of drug-likeness (QED) is 0.151. The van der Waals surface area contributed by atoms with Gasteiger partial charge < -0.3 is 36.1 Å². The Morgan fingerprint density at radius 3 is 2.38 bits per heavy atom. The summed E-state index contributed by atoms with van der Waals surface area (Å²) in [5.41, 5.74) is 11.2. The predicted molar refractivity (Wildman–Crippen MR) is 179 cm³/mol. The number of fused-ring (bicyclic) bond motifs is 3. The van der Waals surface area contributed by atoms with Gasteiger partial charge in [-0.1, -0.05) is 60.1 Å². The fourth-order valence-corrected chi connectivity index (χ4v) is 11.8. The number of carbonyl (C=O) groups excluding carboxylic acids is 2.